The van der Waals surface area contributed by atoms with Crippen molar-refractivity contribution in [1.82, 2.24) is 0 Å². The summed E-state index contributed by atoms with van der Waals surface area (Å²) in [5.41, 5.74) is 0. The van der Waals surface area contributed by atoms with Crippen LogP contribution in [0.2, 0.25) is 0 Å². The zero-order chi connectivity index (χ0) is 9.40. The van der Waals surface area contributed by atoms with E-state index in [1.54, 1.807) is 0 Å². The molecule has 0 aliphatic carbocycles. The van der Waals surface area contributed by atoms with Crippen LogP contribution >= 0.6 is 31.9 Å². The average molecular weight is 304 g/mol. The van der Waals surface area contributed by atoms with E-state index in [0.717, 1.165) is 25.7 Å². The molecule has 0 rings (SSSR count). The first-order valence-corrected chi connectivity index (χ1v) is 6.43. The number of halogens is 2. The van der Waals surface area contributed by atoms with Gasteiger partial charge in [-0.2, -0.15) is 0 Å². The van der Waals surface area contributed by atoms with E-state index in [0.29, 0.717) is 10.7 Å². The average Bonchev–Trinajstić information content (AvgIpc) is 2.11. The lowest BCUT2D eigenvalue weighted by Crippen LogP contribution is -2.10. The normalized spacial score (nSPS) is 16.0. The van der Waals surface area contributed by atoms with Crippen LogP contribution in [0.4, 0.5) is 0 Å². The lowest BCUT2D eigenvalue weighted by Gasteiger charge is -2.08. The van der Waals surface area contributed by atoms with E-state index in [2.05, 4.69) is 31.9 Å². The maximum atomic E-state index is 9.16. The molecule has 2 nitrogen and oxygen atoms in total. The minimum atomic E-state index is -0.230. The Kier molecular flexibility index (Phi) is 9.10. The smallest absolute Gasteiger partial charge is 0.0637 e. The fourth-order valence-electron chi connectivity index (χ4n) is 0.914. The SMILES string of the molecule is OC(CBr)CCCCC(O)CBr. The molecule has 0 heterocycles. The lowest BCUT2D eigenvalue weighted by molar-refractivity contribution is 0.169. The van der Waals surface area contributed by atoms with Crippen LogP contribution in [-0.4, -0.2) is 33.1 Å². The van der Waals surface area contributed by atoms with Gasteiger partial charge in [0, 0.05) is 10.7 Å². The fraction of sp³-hybridized carbons (Fsp3) is 1.00. The molecule has 4 heteroatoms. The largest absolute Gasteiger partial charge is 0.392 e. The van der Waals surface area contributed by atoms with E-state index in [9.17, 15) is 0 Å². The summed E-state index contributed by atoms with van der Waals surface area (Å²) in [5.74, 6) is 0. The standard InChI is InChI=1S/C8H16Br2O2/c9-5-7(11)3-1-2-4-8(12)6-10/h7-8,11-12H,1-6H2. The first kappa shape index (κ1) is 12.9. The van der Waals surface area contributed by atoms with Gasteiger partial charge in [-0.1, -0.05) is 44.7 Å². The number of alkyl halides is 2. The van der Waals surface area contributed by atoms with Crippen LogP contribution in [0, 0.1) is 0 Å². The van der Waals surface area contributed by atoms with Gasteiger partial charge in [-0.25, -0.2) is 0 Å². The Balaban J connectivity index is 3.10. The molecule has 0 saturated heterocycles. The van der Waals surface area contributed by atoms with Crippen molar-refractivity contribution in [1.29, 1.82) is 0 Å². The van der Waals surface area contributed by atoms with Gasteiger partial charge in [0.2, 0.25) is 0 Å². The van der Waals surface area contributed by atoms with Crippen LogP contribution < -0.4 is 0 Å². The molecule has 0 aromatic carbocycles. The Morgan fingerprint density at radius 1 is 0.833 bits per heavy atom. The maximum Gasteiger partial charge on any atom is 0.0637 e. The molecule has 12 heavy (non-hydrogen) atoms. The van der Waals surface area contributed by atoms with Crippen LogP contribution in [0.1, 0.15) is 25.7 Å². The number of rotatable bonds is 7. The molecule has 0 fully saturated rings. The van der Waals surface area contributed by atoms with Gasteiger partial charge in [0.25, 0.3) is 0 Å². The highest BCUT2D eigenvalue weighted by atomic mass is 79.9. The van der Waals surface area contributed by atoms with Crippen molar-refractivity contribution in [2.45, 2.75) is 37.9 Å². The van der Waals surface area contributed by atoms with Gasteiger partial charge in [0.05, 0.1) is 12.2 Å². The van der Waals surface area contributed by atoms with Gasteiger partial charge >= 0.3 is 0 Å². The van der Waals surface area contributed by atoms with Crippen molar-refractivity contribution >= 4 is 31.9 Å². The molecule has 0 radical (unpaired) electrons. The van der Waals surface area contributed by atoms with Crippen molar-refractivity contribution in [2.75, 3.05) is 10.7 Å². The van der Waals surface area contributed by atoms with Crippen molar-refractivity contribution in [3.8, 4) is 0 Å². The van der Waals surface area contributed by atoms with Gasteiger partial charge in [-0.15, -0.1) is 0 Å². The topological polar surface area (TPSA) is 40.5 Å². The van der Waals surface area contributed by atoms with E-state index in [4.69, 9.17) is 10.2 Å². The second-order valence-electron chi connectivity index (χ2n) is 2.90. The van der Waals surface area contributed by atoms with Gasteiger partial charge in [-0.3, -0.25) is 0 Å². The second kappa shape index (κ2) is 8.48. The molecule has 2 atom stereocenters. The van der Waals surface area contributed by atoms with Gasteiger partial charge in [0.15, 0.2) is 0 Å². The van der Waals surface area contributed by atoms with Crippen LogP contribution in [0.5, 0.6) is 0 Å². The van der Waals surface area contributed by atoms with Gasteiger partial charge in [0.1, 0.15) is 0 Å². The van der Waals surface area contributed by atoms with Gasteiger partial charge < -0.3 is 10.2 Å². The third-order valence-corrected chi connectivity index (χ3v) is 3.18. The summed E-state index contributed by atoms with van der Waals surface area (Å²) in [7, 11) is 0. The number of aliphatic hydroxyl groups is 2. The summed E-state index contributed by atoms with van der Waals surface area (Å²) in [6, 6.07) is 0. The zero-order valence-corrected chi connectivity index (χ0v) is 10.2. The number of unbranched alkanes of at least 4 members (excludes halogenated alkanes) is 1. The van der Waals surface area contributed by atoms with Crippen molar-refractivity contribution in [3.05, 3.63) is 0 Å². The first-order chi connectivity index (χ1) is 5.70. The molecule has 74 valence electrons. The highest BCUT2D eigenvalue weighted by Crippen LogP contribution is 2.08. The van der Waals surface area contributed by atoms with E-state index in [-0.39, 0.29) is 12.2 Å². The summed E-state index contributed by atoms with van der Waals surface area (Å²) in [6.07, 6.45) is 3.14. The van der Waals surface area contributed by atoms with Crippen LogP contribution in [0.15, 0.2) is 0 Å². The maximum absolute atomic E-state index is 9.16. The molecule has 2 N–H and O–H groups in total. The molecule has 2 unspecified atom stereocenters. The van der Waals surface area contributed by atoms with Crippen LogP contribution in [0.3, 0.4) is 0 Å². The predicted molar refractivity (Wildman–Crippen MR) is 58.1 cm³/mol. The second-order valence-corrected chi connectivity index (χ2v) is 4.20. The summed E-state index contributed by atoms with van der Waals surface area (Å²) >= 11 is 6.41. The van der Waals surface area contributed by atoms with Crippen molar-refractivity contribution in [2.24, 2.45) is 0 Å². The highest BCUT2D eigenvalue weighted by molar-refractivity contribution is 9.09. The van der Waals surface area contributed by atoms with E-state index in [1.807, 2.05) is 0 Å². The van der Waals surface area contributed by atoms with E-state index >= 15 is 0 Å². The summed E-state index contributed by atoms with van der Waals surface area (Å²) in [6.45, 7) is 0. The molecule has 0 aliphatic rings. The Hall–Kier alpha value is 0.880. The third kappa shape index (κ3) is 7.53. The number of hydrogen-bond acceptors (Lipinski definition) is 2. The molecule has 0 saturated carbocycles. The molecule has 0 bridgehead atoms. The highest BCUT2D eigenvalue weighted by Gasteiger charge is 2.03. The van der Waals surface area contributed by atoms with Crippen molar-refractivity contribution in [3.63, 3.8) is 0 Å². The minimum Gasteiger partial charge on any atom is -0.392 e. The Bertz CT molecular complexity index is 89.1. The predicted octanol–water partition coefficient (Wildman–Crippen LogP) is 2.06. The lowest BCUT2D eigenvalue weighted by atomic mass is 10.1. The quantitative estimate of drug-likeness (QED) is 0.558. The van der Waals surface area contributed by atoms with Crippen LogP contribution in [0.25, 0.3) is 0 Å². The molecular weight excluding hydrogens is 288 g/mol. The molecule has 0 aliphatic heterocycles. The van der Waals surface area contributed by atoms with Crippen molar-refractivity contribution < 1.29 is 10.2 Å². The Morgan fingerprint density at radius 3 is 1.42 bits per heavy atom. The monoisotopic (exact) mass is 302 g/mol. The first-order valence-electron chi connectivity index (χ1n) is 4.18. The van der Waals surface area contributed by atoms with Crippen LogP contribution in [-0.2, 0) is 0 Å². The van der Waals surface area contributed by atoms with Gasteiger partial charge in [-0.05, 0) is 12.8 Å². The Labute approximate surface area is 90.6 Å². The summed E-state index contributed by atoms with van der Waals surface area (Å²) < 4.78 is 0. The minimum absolute atomic E-state index is 0.230. The zero-order valence-electron chi connectivity index (χ0n) is 7.05. The molecular formula is C8H16Br2O2. The Morgan fingerprint density at radius 2 is 1.17 bits per heavy atom. The number of aliphatic hydroxyl groups excluding tert-OH is 2. The molecule has 0 spiro atoms. The van der Waals surface area contributed by atoms with E-state index < -0.39 is 0 Å². The molecule has 0 amide bonds. The summed E-state index contributed by atoms with van der Waals surface area (Å²) in [4.78, 5) is 0. The summed E-state index contributed by atoms with van der Waals surface area (Å²) in [5, 5.41) is 19.6. The molecule has 0 aromatic heterocycles. The van der Waals surface area contributed by atoms with E-state index in [1.165, 1.54) is 0 Å². The molecule has 0 aromatic rings. The fourth-order valence-corrected chi connectivity index (χ4v) is 1.56. The third-order valence-electron chi connectivity index (χ3n) is 1.68. The number of hydrogen-bond donors (Lipinski definition) is 2.